The zero-order valence-corrected chi connectivity index (χ0v) is 8.56. The van der Waals surface area contributed by atoms with Gasteiger partial charge in [0.05, 0.1) is 0 Å². The van der Waals surface area contributed by atoms with Crippen molar-refractivity contribution in [2.45, 2.75) is 4.90 Å². The Morgan fingerprint density at radius 1 is 1.54 bits per heavy atom. The monoisotopic (exact) mass is 196 g/mol. The van der Waals surface area contributed by atoms with Crippen LogP contribution in [0, 0.1) is 0 Å². The minimum Gasteiger partial charge on any atom is -0.377 e. The van der Waals surface area contributed by atoms with Gasteiger partial charge in [-0.2, -0.15) is 0 Å². The molecule has 0 radical (unpaired) electrons. The van der Waals surface area contributed by atoms with Crippen molar-refractivity contribution in [3.05, 3.63) is 29.8 Å². The number of hydrogen-bond donors (Lipinski definition) is 0. The minimum absolute atomic E-state index is 0.0263. The van der Waals surface area contributed by atoms with Crippen LogP contribution < -0.4 is 0 Å². The van der Waals surface area contributed by atoms with Gasteiger partial charge in [0.2, 0.25) is 0 Å². The first-order valence-electron chi connectivity index (χ1n) is 3.94. The Labute approximate surface area is 82.3 Å². The fraction of sp³-hybridized carbons (Fsp3) is 0.300. The molecule has 1 rings (SSSR count). The lowest BCUT2D eigenvalue weighted by Gasteiger charge is -2.01. The molecule has 2 nitrogen and oxygen atoms in total. The maximum atomic E-state index is 11.4. The summed E-state index contributed by atoms with van der Waals surface area (Å²) < 4.78 is 4.78. The van der Waals surface area contributed by atoms with Crippen molar-refractivity contribution in [3.63, 3.8) is 0 Å². The second-order valence-electron chi connectivity index (χ2n) is 2.59. The topological polar surface area (TPSA) is 26.3 Å². The third-order valence-electron chi connectivity index (χ3n) is 1.67. The van der Waals surface area contributed by atoms with Gasteiger partial charge in [0.1, 0.15) is 6.61 Å². The molecule has 0 atom stereocenters. The maximum Gasteiger partial charge on any atom is 0.188 e. The fourth-order valence-electron chi connectivity index (χ4n) is 1.01. The standard InChI is InChI=1S/C10H12O2S/c1-12-7-10(11)8-4-3-5-9(6-8)13-2/h3-6H,7H2,1-2H3. The number of rotatable bonds is 4. The molecule has 0 bridgehead atoms. The predicted octanol–water partition coefficient (Wildman–Crippen LogP) is 2.24. The van der Waals surface area contributed by atoms with Gasteiger partial charge in [0.15, 0.2) is 5.78 Å². The zero-order valence-electron chi connectivity index (χ0n) is 7.74. The van der Waals surface area contributed by atoms with Crippen molar-refractivity contribution in [1.29, 1.82) is 0 Å². The average molecular weight is 196 g/mol. The summed E-state index contributed by atoms with van der Waals surface area (Å²) in [6.07, 6.45) is 1.99. The van der Waals surface area contributed by atoms with E-state index in [2.05, 4.69) is 0 Å². The largest absolute Gasteiger partial charge is 0.377 e. The minimum atomic E-state index is 0.0263. The van der Waals surface area contributed by atoms with E-state index in [0.29, 0.717) is 5.56 Å². The van der Waals surface area contributed by atoms with Crippen LogP contribution in [0.25, 0.3) is 0 Å². The van der Waals surface area contributed by atoms with Crippen LogP contribution in [0.1, 0.15) is 10.4 Å². The molecule has 0 heterocycles. The van der Waals surface area contributed by atoms with Crippen LogP contribution >= 0.6 is 11.8 Å². The Morgan fingerprint density at radius 2 is 2.31 bits per heavy atom. The molecule has 70 valence electrons. The van der Waals surface area contributed by atoms with E-state index in [1.807, 2.05) is 24.5 Å². The number of thioether (sulfide) groups is 1. The molecule has 0 amide bonds. The first-order valence-corrected chi connectivity index (χ1v) is 5.16. The molecule has 1 aromatic carbocycles. The van der Waals surface area contributed by atoms with E-state index in [0.717, 1.165) is 4.90 Å². The number of benzene rings is 1. The lowest BCUT2D eigenvalue weighted by Crippen LogP contribution is -2.06. The van der Waals surface area contributed by atoms with E-state index in [9.17, 15) is 4.79 Å². The number of carbonyl (C=O) groups excluding carboxylic acids is 1. The molecule has 0 saturated heterocycles. The number of ketones is 1. The zero-order chi connectivity index (χ0) is 9.68. The summed E-state index contributed by atoms with van der Waals surface area (Å²) in [6.45, 7) is 0.151. The normalized spacial score (nSPS) is 10.0. The third-order valence-corrected chi connectivity index (χ3v) is 2.39. The van der Waals surface area contributed by atoms with E-state index >= 15 is 0 Å². The summed E-state index contributed by atoms with van der Waals surface area (Å²) in [7, 11) is 1.52. The molecule has 3 heteroatoms. The lowest BCUT2D eigenvalue weighted by atomic mass is 10.1. The van der Waals surface area contributed by atoms with Gasteiger partial charge in [-0.3, -0.25) is 4.79 Å². The van der Waals surface area contributed by atoms with Crippen LogP contribution in [0.15, 0.2) is 29.2 Å². The fourth-order valence-corrected chi connectivity index (χ4v) is 1.47. The molecular formula is C10H12O2S. The molecule has 0 aliphatic carbocycles. The van der Waals surface area contributed by atoms with E-state index in [4.69, 9.17) is 4.74 Å². The summed E-state index contributed by atoms with van der Waals surface area (Å²) in [6, 6.07) is 7.55. The third kappa shape index (κ3) is 2.86. The van der Waals surface area contributed by atoms with Gasteiger partial charge >= 0.3 is 0 Å². The Bertz CT molecular complexity index is 297. The number of ether oxygens (including phenoxy) is 1. The SMILES string of the molecule is COCC(=O)c1cccc(SC)c1. The van der Waals surface area contributed by atoms with Gasteiger partial charge in [-0.25, -0.2) is 0 Å². The average Bonchev–Trinajstić information content (AvgIpc) is 2.18. The first kappa shape index (κ1) is 10.3. The van der Waals surface area contributed by atoms with Gasteiger partial charge in [-0.1, -0.05) is 12.1 Å². The summed E-state index contributed by atoms with van der Waals surface area (Å²) >= 11 is 1.63. The van der Waals surface area contributed by atoms with Gasteiger partial charge in [-0.15, -0.1) is 11.8 Å². The maximum absolute atomic E-state index is 11.4. The van der Waals surface area contributed by atoms with E-state index in [-0.39, 0.29) is 12.4 Å². The molecule has 13 heavy (non-hydrogen) atoms. The summed E-state index contributed by atoms with van der Waals surface area (Å²) in [5.74, 6) is 0.0263. The Balaban J connectivity index is 2.82. The van der Waals surface area contributed by atoms with Crippen molar-refractivity contribution in [2.24, 2.45) is 0 Å². The highest BCUT2D eigenvalue weighted by atomic mass is 32.2. The van der Waals surface area contributed by atoms with Crippen molar-refractivity contribution in [2.75, 3.05) is 20.0 Å². The molecule has 0 saturated carbocycles. The molecule has 0 aliphatic rings. The molecule has 0 spiro atoms. The second kappa shape index (κ2) is 5.04. The number of hydrogen-bond acceptors (Lipinski definition) is 3. The van der Waals surface area contributed by atoms with Gasteiger partial charge in [0, 0.05) is 17.6 Å². The second-order valence-corrected chi connectivity index (χ2v) is 3.47. The number of Topliss-reactive ketones (excluding diaryl/α,β-unsaturated/α-hetero) is 1. The van der Waals surface area contributed by atoms with Crippen molar-refractivity contribution in [3.8, 4) is 0 Å². The summed E-state index contributed by atoms with van der Waals surface area (Å²) in [5.41, 5.74) is 0.716. The van der Waals surface area contributed by atoms with Crippen molar-refractivity contribution < 1.29 is 9.53 Å². The van der Waals surface area contributed by atoms with Crippen LogP contribution in [0.2, 0.25) is 0 Å². The molecule has 0 fully saturated rings. The lowest BCUT2D eigenvalue weighted by molar-refractivity contribution is 0.0848. The van der Waals surface area contributed by atoms with Crippen LogP contribution in [0.5, 0.6) is 0 Å². The van der Waals surface area contributed by atoms with Crippen LogP contribution in [0.4, 0.5) is 0 Å². The molecule has 0 aliphatic heterocycles. The van der Waals surface area contributed by atoms with E-state index in [1.54, 1.807) is 17.8 Å². The molecule has 0 aromatic heterocycles. The summed E-state index contributed by atoms with van der Waals surface area (Å²) in [4.78, 5) is 12.5. The molecule has 1 aromatic rings. The number of methoxy groups -OCH3 is 1. The molecule has 0 N–H and O–H groups in total. The van der Waals surface area contributed by atoms with E-state index in [1.165, 1.54) is 7.11 Å². The van der Waals surface area contributed by atoms with Gasteiger partial charge in [0.25, 0.3) is 0 Å². The first-order chi connectivity index (χ1) is 6.27. The van der Waals surface area contributed by atoms with Crippen molar-refractivity contribution >= 4 is 17.5 Å². The molecule has 0 unspecified atom stereocenters. The predicted molar refractivity (Wildman–Crippen MR) is 54.4 cm³/mol. The van der Waals surface area contributed by atoms with Crippen LogP contribution in [0.3, 0.4) is 0 Å². The summed E-state index contributed by atoms with van der Waals surface area (Å²) in [5, 5.41) is 0. The Kier molecular flexibility index (Phi) is 3.99. The van der Waals surface area contributed by atoms with Gasteiger partial charge < -0.3 is 4.74 Å². The van der Waals surface area contributed by atoms with Crippen LogP contribution in [-0.4, -0.2) is 25.8 Å². The molecular weight excluding hydrogens is 184 g/mol. The quantitative estimate of drug-likeness (QED) is 0.545. The Hall–Kier alpha value is -0.800. The Morgan fingerprint density at radius 3 is 2.92 bits per heavy atom. The van der Waals surface area contributed by atoms with Gasteiger partial charge in [-0.05, 0) is 18.4 Å². The van der Waals surface area contributed by atoms with Crippen molar-refractivity contribution in [1.82, 2.24) is 0 Å². The highest BCUT2D eigenvalue weighted by Gasteiger charge is 2.04. The highest BCUT2D eigenvalue weighted by Crippen LogP contribution is 2.15. The van der Waals surface area contributed by atoms with E-state index < -0.39 is 0 Å². The number of carbonyl (C=O) groups is 1. The van der Waals surface area contributed by atoms with Crippen LogP contribution in [-0.2, 0) is 4.74 Å². The highest BCUT2D eigenvalue weighted by molar-refractivity contribution is 7.98. The smallest absolute Gasteiger partial charge is 0.188 e.